The number of hydrogen-bond acceptors (Lipinski definition) is 6. The highest BCUT2D eigenvalue weighted by Gasteiger charge is 2.31. The highest BCUT2D eigenvalue weighted by molar-refractivity contribution is 5.80. The number of likely N-dealkylation sites (tertiary alicyclic amines) is 1. The van der Waals surface area contributed by atoms with E-state index in [2.05, 4.69) is 17.3 Å². The summed E-state index contributed by atoms with van der Waals surface area (Å²) in [4.78, 5) is 41.7. The lowest BCUT2D eigenvalue weighted by Gasteiger charge is -2.37. The molecular weight excluding hydrogens is 374 g/mol. The summed E-state index contributed by atoms with van der Waals surface area (Å²) in [5, 5.41) is 14.0. The van der Waals surface area contributed by atoms with Gasteiger partial charge in [-0.1, -0.05) is 12.1 Å². The molecule has 0 aromatic heterocycles. The van der Waals surface area contributed by atoms with Gasteiger partial charge in [0.25, 0.3) is 5.69 Å². The predicted molar refractivity (Wildman–Crippen MR) is 110 cm³/mol. The van der Waals surface area contributed by atoms with Crippen LogP contribution in [0.4, 0.5) is 11.4 Å². The molecule has 29 heavy (non-hydrogen) atoms. The standard InChI is InChI=1S/C20H29N5O4/c1-22-12-14-24(15-13-22)20(27)16-7-10-23(11-8-16)19(26)6-9-21-17-4-2-3-5-18(17)25(28)29/h2-5,16,21H,6-15H2,1H3. The van der Waals surface area contributed by atoms with Crippen LogP contribution in [0.5, 0.6) is 0 Å². The third-order valence-corrected chi connectivity index (χ3v) is 5.77. The highest BCUT2D eigenvalue weighted by atomic mass is 16.6. The number of nitrogens with one attached hydrogen (secondary N) is 1. The predicted octanol–water partition coefficient (Wildman–Crippen LogP) is 1.41. The molecule has 9 heteroatoms. The summed E-state index contributed by atoms with van der Waals surface area (Å²) in [5.41, 5.74) is 0.421. The number of amides is 2. The molecule has 2 amide bonds. The molecule has 2 aliphatic rings. The first-order valence-corrected chi connectivity index (χ1v) is 10.2. The van der Waals surface area contributed by atoms with E-state index in [1.807, 2.05) is 4.90 Å². The van der Waals surface area contributed by atoms with Crippen LogP contribution < -0.4 is 5.32 Å². The number of anilines is 1. The van der Waals surface area contributed by atoms with E-state index in [1.54, 1.807) is 23.1 Å². The fourth-order valence-electron chi connectivity index (χ4n) is 3.91. The quantitative estimate of drug-likeness (QED) is 0.570. The largest absolute Gasteiger partial charge is 0.379 e. The molecule has 0 saturated carbocycles. The fraction of sp³-hybridized carbons (Fsp3) is 0.600. The van der Waals surface area contributed by atoms with Crippen molar-refractivity contribution in [2.24, 2.45) is 5.92 Å². The van der Waals surface area contributed by atoms with Crippen LogP contribution in [-0.2, 0) is 9.59 Å². The van der Waals surface area contributed by atoms with Crippen LogP contribution >= 0.6 is 0 Å². The van der Waals surface area contributed by atoms with Crippen LogP contribution in [0.1, 0.15) is 19.3 Å². The average Bonchev–Trinajstić information content (AvgIpc) is 2.74. The van der Waals surface area contributed by atoms with E-state index in [4.69, 9.17) is 0 Å². The molecule has 0 bridgehead atoms. The van der Waals surface area contributed by atoms with Crippen LogP contribution in [0.3, 0.4) is 0 Å². The van der Waals surface area contributed by atoms with Crippen molar-refractivity contribution in [1.82, 2.24) is 14.7 Å². The molecule has 2 heterocycles. The number of hydrogen-bond donors (Lipinski definition) is 1. The maximum atomic E-state index is 12.7. The number of carbonyl (C=O) groups excluding carboxylic acids is 2. The van der Waals surface area contributed by atoms with Gasteiger partial charge in [-0.2, -0.15) is 0 Å². The normalized spacial score (nSPS) is 18.5. The van der Waals surface area contributed by atoms with E-state index >= 15 is 0 Å². The minimum atomic E-state index is -0.438. The smallest absolute Gasteiger partial charge is 0.292 e. The van der Waals surface area contributed by atoms with Gasteiger partial charge in [-0.25, -0.2) is 0 Å². The first-order chi connectivity index (χ1) is 14.0. The third kappa shape index (κ3) is 5.44. The Kier molecular flexibility index (Phi) is 7.03. The van der Waals surface area contributed by atoms with Gasteiger partial charge in [0.1, 0.15) is 5.69 Å². The van der Waals surface area contributed by atoms with Crippen molar-refractivity contribution in [3.63, 3.8) is 0 Å². The Morgan fingerprint density at radius 3 is 2.38 bits per heavy atom. The Balaban J connectivity index is 1.41. The minimum absolute atomic E-state index is 0.00295. The Labute approximate surface area is 170 Å². The number of nitro benzene ring substituents is 1. The molecule has 0 spiro atoms. The summed E-state index contributed by atoms with van der Waals surface area (Å²) >= 11 is 0. The number of piperazine rings is 1. The first kappa shape index (κ1) is 21.0. The number of nitro groups is 1. The lowest BCUT2D eigenvalue weighted by Crippen LogP contribution is -2.51. The number of rotatable bonds is 6. The molecule has 2 aliphatic heterocycles. The van der Waals surface area contributed by atoms with Gasteiger partial charge in [0.15, 0.2) is 0 Å². The first-order valence-electron chi connectivity index (χ1n) is 10.2. The molecule has 0 aliphatic carbocycles. The number of likely N-dealkylation sites (N-methyl/N-ethyl adjacent to an activating group) is 1. The summed E-state index contributed by atoms with van der Waals surface area (Å²) < 4.78 is 0. The SMILES string of the molecule is CN1CCN(C(=O)C2CCN(C(=O)CCNc3ccccc3[N+](=O)[O-])CC2)CC1. The molecule has 3 rings (SSSR count). The summed E-state index contributed by atoms with van der Waals surface area (Å²) in [5.74, 6) is 0.248. The van der Waals surface area contributed by atoms with Gasteiger partial charge in [0.05, 0.1) is 4.92 Å². The number of para-hydroxylation sites is 2. The van der Waals surface area contributed by atoms with E-state index < -0.39 is 4.92 Å². The van der Waals surface area contributed by atoms with Gasteiger partial charge in [-0.05, 0) is 26.0 Å². The lowest BCUT2D eigenvalue weighted by atomic mass is 9.94. The molecule has 0 unspecified atom stereocenters. The van der Waals surface area contributed by atoms with Gasteiger partial charge in [-0.3, -0.25) is 19.7 Å². The van der Waals surface area contributed by atoms with Crippen molar-refractivity contribution in [3.8, 4) is 0 Å². The molecule has 2 fully saturated rings. The van der Waals surface area contributed by atoms with E-state index in [0.29, 0.717) is 38.2 Å². The number of nitrogens with zero attached hydrogens (tertiary/aromatic N) is 4. The van der Waals surface area contributed by atoms with Gasteiger partial charge in [-0.15, -0.1) is 0 Å². The van der Waals surface area contributed by atoms with Crippen molar-refractivity contribution >= 4 is 23.2 Å². The van der Waals surface area contributed by atoms with Gasteiger partial charge in [0.2, 0.25) is 11.8 Å². The van der Waals surface area contributed by atoms with Crippen molar-refractivity contribution < 1.29 is 14.5 Å². The minimum Gasteiger partial charge on any atom is -0.379 e. The van der Waals surface area contributed by atoms with Crippen LogP contribution in [0.15, 0.2) is 24.3 Å². The number of carbonyl (C=O) groups is 2. The molecule has 0 atom stereocenters. The van der Waals surface area contributed by atoms with Crippen LogP contribution in [-0.4, -0.2) is 84.3 Å². The molecule has 158 valence electrons. The van der Waals surface area contributed by atoms with E-state index in [-0.39, 0.29) is 29.8 Å². The van der Waals surface area contributed by atoms with Crippen molar-refractivity contribution in [1.29, 1.82) is 0 Å². The van der Waals surface area contributed by atoms with E-state index in [0.717, 1.165) is 26.2 Å². The molecule has 1 aromatic rings. The van der Waals surface area contributed by atoms with Crippen LogP contribution in [0, 0.1) is 16.0 Å². The molecule has 9 nitrogen and oxygen atoms in total. The van der Waals surface area contributed by atoms with Crippen LogP contribution in [0.2, 0.25) is 0 Å². The zero-order valence-corrected chi connectivity index (χ0v) is 16.9. The Bertz CT molecular complexity index is 740. The molecule has 1 aromatic carbocycles. The van der Waals surface area contributed by atoms with E-state index in [9.17, 15) is 19.7 Å². The summed E-state index contributed by atoms with van der Waals surface area (Å²) in [6.45, 7) is 4.91. The molecular formula is C20H29N5O4. The lowest BCUT2D eigenvalue weighted by molar-refractivity contribution is -0.384. The molecule has 2 saturated heterocycles. The monoisotopic (exact) mass is 403 g/mol. The van der Waals surface area contributed by atoms with Gasteiger partial charge >= 0.3 is 0 Å². The third-order valence-electron chi connectivity index (χ3n) is 5.77. The zero-order chi connectivity index (χ0) is 20.8. The second-order valence-electron chi connectivity index (χ2n) is 7.73. The van der Waals surface area contributed by atoms with Gasteiger partial charge < -0.3 is 20.0 Å². The summed E-state index contributed by atoms with van der Waals surface area (Å²) in [7, 11) is 2.07. The maximum absolute atomic E-state index is 12.7. The highest BCUT2D eigenvalue weighted by Crippen LogP contribution is 2.24. The molecule has 1 N–H and O–H groups in total. The van der Waals surface area contributed by atoms with E-state index in [1.165, 1.54) is 6.07 Å². The Morgan fingerprint density at radius 2 is 1.72 bits per heavy atom. The zero-order valence-electron chi connectivity index (χ0n) is 16.9. The Morgan fingerprint density at radius 1 is 1.07 bits per heavy atom. The Hall–Kier alpha value is -2.68. The van der Waals surface area contributed by atoms with Crippen molar-refractivity contribution in [2.45, 2.75) is 19.3 Å². The number of benzene rings is 1. The maximum Gasteiger partial charge on any atom is 0.292 e. The number of piperidine rings is 1. The van der Waals surface area contributed by atoms with Crippen molar-refractivity contribution in [2.75, 3.05) is 58.2 Å². The molecule has 0 radical (unpaired) electrons. The average molecular weight is 403 g/mol. The fourth-order valence-corrected chi connectivity index (χ4v) is 3.91. The van der Waals surface area contributed by atoms with Crippen molar-refractivity contribution in [3.05, 3.63) is 34.4 Å². The summed E-state index contributed by atoms with van der Waals surface area (Å²) in [6.07, 6.45) is 1.67. The summed E-state index contributed by atoms with van der Waals surface area (Å²) in [6, 6.07) is 6.41. The van der Waals surface area contributed by atoms with Gasteiger partial charge in [0, 0.05) is 64.2 Å². The second kappa shape index (κ2) is 9.69. The second-order valence-corrected chi connectivity index (χ2v) is 7.73. The van der Waals surface area contributed by atoms with Crippen LogP contribution in [0.25, 0.3) is 0 Å². The topological polar surface area (TPSA) is 99.0 Å².